The van der Waals surface area contributed by atoms with Crippen LogP contribution in [0.3, 0.4) is 0 Å². The highest BCUT2D eigenvalue weighted by molar-refractivity contribution is 6.02. The first-order valence-corrected chi connectivity index (χ1v) is 7.26. The van der Waals surface area contributed by atoms with Crippen molar-refractivity contribution in [2.75, 3.05) is 5.32 Å². The number of amides is 1. The Labute approximate surface area is 136 Å². The van der Waals surface area contributed by atoms with Gasteiger partial charge in [-0.2, -0.15) is 4.98 Å². The lowest BCUT2D eigenvalue weighted by Gasteiger charge is -2.04. The first-order chi connectivity index (χ1) is 11.8. The van der Waals surface area contributed by atoms with Crippen molar-refractivity contribution < 1.29 is 18.4 Å². The van der Waals surface area contributed by atoms with Crippen LogP contribution in [0.5, 0.6) is 11.8 Å². The number of carbonyl (C=O) groups is 1. The summed E-state index contributed by atoms with van der Waals surface area (Å²) in [5.41, 5.74) is 2.02. The van der Waals surface area contributed by atoms with E-state index in [4.69, 9.17) is 13.6 Å². The van der Waals surface area contributed by atoms with Crippen molar-refractivity contribution >= 4 is 22.7 Å². The summed E-state index contributed by atoms with van der Waals surface area (Å²) >= 11 is 0. The van der Waals surface area contributed by atoms with Gasteiger partial charge in [0.1, 0.15) is 11.3 Å². The smallest absolute Gasteiger partial charge is 0.400 e. The van der Waals surface area contributed by atoms with Gasteiger partial charge in [-0.1, -0.05) is 12.1 Å². The van der Waals surface area contributed by atoms with Crippen LogP contribution < -0.4 is 10.1 Å². The lowest BCUT2D eigenvalue weighted by atomic mass is 10.3. The Morgan fingerprint density at radius 1 is 1.00 bits per heavy atom. The fraction of sp³-hybridized carbons (Fsp3) is 0. The maximum atomic E-state index is 11.9. The number of para-hydroxylation sites is 2. The zero-order valence-electron chi connectivity index (χ0n) is 12.4. The summed E-state index contributed by atoms with van der Waals surface area (Å²) in [6.45, 7) is 0. The normalized spacial score (nSPS) is 10.7. The van der Waals surface area contributed by atoms with Crippen molar-refractivity contribution in [3.05, 3.63) is 72.7 Å². The van der Waals surface area contributed by atoms with Crippen molar-refractivity contribution in [2.45, 2.75) is 0 Å². The maximum absolute atomic E-state index is 11.9. The Morgan fingerprint density at radius 2 is 1.83 bits per heavy atom. The van der Waals surface area contributed by atoms with Crippen molar-refractivity contribution in [1.29, 1.82) is 0 Å². The van der Waals surface area contributed by atoms with Crippen molar-refractivity contribution in [2.24, 2.45) is 0 Å². The van der Waals surface area contributed by atoms with Crippen LogP contribution in [0.25, 0.3) is 11.1 Å². The summed E-state index contributed by atoms with van der Waals surface area (Å²) < 4.78 is 16.1. The molecule has 2 heterocycles. The van der Waals surface area contributed by atoms with Crippen LogP contribution in [0.4, 0.5) is 5.69 Å². The van der Waals surface area contributed by atoms with Gasteiger partial charge in [-0.15, -0.1) is 0 Å². The number of nitrogens with one attached hydrogen (secondary N) is 1. The number of aromatic nitrogens is 1. The number of rotatable bonds is 4. The van der Waals surface area contributed by atoms with Gasteiger partial charge in [0.2, 0.25) is 0 Å². The highest BCUT2D eigenvalue weighted by atomic mass is 16.6. The topological polar surface area (TPSA) is 77.5 Å². The van der Waals surface area contributed by atoms with Crippen LogP contribution in [0.15, 0.2) is 75.8 Å². The lowest BCUT2D eigenvalue weighted by molar-refractivity contribution is 0.0996. The van der Waals surface area contributed by atoms with E-state index in [2.05, 4.69) is 10.3 Å². The average molecular weight is 320 g/mol. The van der Waals surface area contributed by atoms with E-state index in [-0.39, 0.29) is 17.7 Å². The molecule has 1 N–H and O–H groups in total. The summed E-state index contributed by atoms with van der Waals surface area (Å²) in [5, 5.41) is 2.73. The van der Waals surface area contributed by atoms with Gasteiger partial charge in [-0.25, -0.2) is 0 Å². The highest BCUT2D eigenvalue weighted by Gasteiger charge is 2.10. The van der Waals surface area contributed by atoms with Crippen LogP contribution in [0.1, 0.15) is 10.6 Å². The molecule has 118 valence electrons. The second kappa shape index (κ2) is 5.92. The van der Waals surface area contributed by atoms with E-state index >= 15 is 0 Å². The van der Waals surface area contributed by atoms with Gasteiger partial charge in [0.05, 0.1) is 6.26 Å². The Kier molecular flexibility index (Phi) is 3.47. The van der Waals surface area contributed by atoms with Crippen LogP contribution in [-0.4, -0.2) is 10.9 Å². The molecule has 0 aliphatic carbocycles. The Bertz CT molecular complexity index is 939. The third-order valence-corrected chi connectivity index (χ3v) is 3.34. The molecule has 6 nitrogen and oxygen atoms in total. The minimum atomic E-state index is -0.312. The van der Waals surface area contributed by atoms with Gasteiger partial charge in [-0.3, -0.25) is 4.79 Å². The molecular formula is C18H12N2O4. The quantitative estimate of drug-likeness (QED) is 0.600. The van der Waals surface area contributed by atoms with Gasteiger partial charge >= 0.3 is 6.08 Å². The molecule has 0 aliphatic heterocycles. The molecular weight excluding hydrogens is 308 g/mol. The molecule has 0 radical (unpaired) electrons. The molecule has 0 fully saturated rings. The number of nitrogens with zero attached hydrogens (tertiary/aromatic N) is 1. The Morgan fingerprint density at radius 3 is 2.58 bits per heavy atom. The largest absolute Gasteiger partial charge is 0.459 e. The summed E-state index contributed by atoms with van der Waals surface area (Å²) in [4.78, 5) is 16.1. The monoisotopic (exact) mass is 320 g/mol. The number of oxazole rings is 1. The number of furan rings is 1. The van der Waals surface area contributed by atoms with E-state index in [1.807, 2.05) is 24.3 Å². The van der Waals surface area contributed by atoms with Crippen LogP contribution in [0.2, 0.25) is 0 Å². The zero-order valence-corrected chi connectivity index (χ0v) is 12.4. The fourth-order valence-corrected chi connectivity index (χ4v) is 2.20. The first kappa shape index (κ1) is 14.1. The van der Waals surface area contributed by atoms with E-state index in [0.717, 1.165) is 5.52 Å². The molecule has 6 heteroatoms. The van der Waals surface area contributed by atoms with Crippen molar-refractivity contribution in [3.63, 3.8) is 0 Å². The van der Waals surface area contributed by atoms with Crippen molar-refractivity contribution in [3.8, 4) is 11.8 Å². The number of benzene rings is 2. The van der Waals surface area contributed by atoms with Gasteiger partial charge < -0.3 is 18.9 Å². The molecule has 4 aromatic rings. The minimum Gasteiger partial charge on any atom is -0.459 e. The second-order valence-corrected chi connectivity index (χ2v) is 5.01. The van der Waals surface area contributed by atoms with Gasteiger partial charge in [0.25, 0.3) is 5.91 Å². The Balaban J connectivity index is 1.46. The molecule has 0 atom stereocenters. The van der Waals surface area contributed by atoms with Crippen molar-refractivity contribution in [1.82, 2.24) is 4.98 Å². The summed E-state index contributed by atoms with van der Waals surface area (Å²) in [6, 6.07) is 17.5. The minimum absolute atomic E-state index is 0.170. The van der Waals surface area contributed by atoms with E-state index in [1.54, 1.807) is 36.4 Å². The highest BCUT2D eigenvalue weighted by Crippen LogP contribution is 2.26. The number of hydrogen-bond donors (Lipinski definition) is 1. The van der Waals surface area contributed by atoms with E-state index in [9.17, 15) is 4.79 Å². The Hall–Kier alpha value is -3.54. The number of fused-ring (bicyclic) bond motifs is 1. The number of hydrogen-bond acceptors (Lipinski definition) is 5. The zero-order chi connectivity index (χ0) is 16.4. The average Bonchev–Trinajstić information content (AvgIpc) is 3.25. The van der Waals surface area contributed by atoms with Gasteiger partial charge in [-0.05, 0) is 48.5 Å². The summed E-state index contributed by atoms with van der Waals surface area (Å²) in [6.07, 6.45) is 1.62. The molecule has 4 rings (SSSR count). The summed E-state index contributed by atoms with van der Waals surface area (Å²) in [7, 11) is 0. The molecule has 0 saturated heterocycles. The first-order valence-electron chi connectivity index (χ1n) is 7.26. The standard InChI is InChI=1S/C18H12N2O4/c21-17(16-6-3-11-22-16)19-12-7-9-13(10-8-12)23-18-20-14-4-1-2-5-15(14)24-18/h1-11H,(H,19,21). The van der Waals surface area contributed by atoms with Crippen LogP contribution in [0, 0.1) is 0 Å². The third kappa shape index (κ3) is 2.85. The molecule has 2 aromatic carbocycles. The number of anilines is 1. The molecule has 0 unspecified atom stereocenters. The predicted octanol–water partition coefficient (Wildman–Crippen LogP) is 4.47. The number of carbonyl (C=O) groups excluding carboxylic acids is 1. The lowest BCUT2D eigenvalue weighted by Crippen LogP contribution is -2.10. The van der Waals surface area contributed by atoms with Crippen LogP contribution >= 0.6 is 0 Å². The summed E-state index contributed by atoms with van der Waals surface area (Å²) in [5.74, 6) is 0.493. The molecule has 1 amide bonds. The van der Waals surface area contributed by atoms with E-state index in [0.29, 0.717) is 17.0 Å². The third-order valence-electron chi connectivity index (χ3n) is 3.34. The van der Waals surface area contributed by atoms with E-state index in [1.165, 1.54) is 6.26 Å². The molecule has 0 bridgehead atoms. The van der Waals surface area contributed by atoms with E-state index < -0.39 is 0 Å². The second-order valence-electron chi connectivity index (χ2n) is 5.01. The SMILES string of the molecule is O=C(Nc1ccc(Oc2nc3ccccc3o2)cc1)c1ccco1. The maximum Gasteiger partial charge on any atom is 0.400 e. The molecule has 0 spiro atoms. The van der Waals surface area contributed by atoms with Gasteiger partial charge in [0, 0.05) is 5.69 Å². The molecule has 2 aromatic heterocycles. The number of ether oxygens (including phenoxy) is 1. The molecule has 24 heavy (non-hydrogen) atoms. The van der Waals surface area contributed by atoms with Gasteiger partial charge in [0.15, 0.2) is 11.3 Å². The molecule has 0 saturated carbocycles. The van der Waals surface area contributed by atoms with Crippen LogP contribution in [-0.2, 0) is 0 Å². The molecule has 0 aliphatic rings. The fourth-order valence-electron chi connectivity index (χ4n) is 2.20. The predicted molar refractivity (Wildman–Crippen MR) is 87.2 cm³/mol.